The highest BCUT2D eigenvalue weighted by Crippen LogP contribution is 2.17. The Morgan fingerprint density at radius 3 is 2.71 bits per heavy atom. The van der Waals surface area contributed by atoms with Crippen molar-refractivity contribution in [2.45, 2.75) is 6.54 Å². The van der Waals surface area contributed by atoms with Crippen molar-refractivity contribution in [1.29, 1.82) is 0 Å². The predicted octanol–water partition coefficient (Wildman–Crippen LogP) is 2.58. The van der Waals surface area contributed by atoms with E-state index in [-0.39, 0.29) is 0 Å². The van der Waals surface area contributed by atoms with Gasteiger partial charge in [-0.2, -0.15) is 5.10 Å². The molecule has 0 amide bonds. The van der Waals surface area contributed by atoms with Crippen molar-refractivity contribution in [2.24, 2.45) is 0 Å². The standard InChI is InChI=1S/C16H16N4O/c1-21-15-4-2-3-12(9-15)10-20-11-18-16(19-20)13-5-7-14(17)8-6-13/h2-9,11H,10,17H2,1H3. The summed E-state index contributed by atoms with van der Waals surface area (Å²) in [5, 5.41) is 4.48. The number of nitrogens with two attached hydrogens (primary N) is 1. The lowest BCUT2D eigenvalue weighted by molar-refractivity contribution is 0.414. The number of ether oxygens (including phenoxy) is 1. The Morgan fingerprint density at radius 1 is 1.14 bits per heavy atom. The molecule has 2 aromatic carbocycles. The molecule has 0 aliphatic heterocycles. The van der Waals surface area contributed by atoms with E-state index >= 15 is 0 Å². The Bertz CT molecular complexity index is 734. The Hall–Kier alpha value is -2.82. The van der Waals surface area contributed by atoms with E-state index in [2.05, 4.69) is 10.1 Å². The number of methoxy groups -OCH3 is 1. The van der Waals surface area contributed by atoms with Crippen molar-refractivity contribution >= 4 is 5.69 Å². The Balaban J connectivity index is 1.80. The molecule has 1 heterocycles. The van der Waals surface area contributed by atoms with E-state index in [1.165, 1.54) is 0 Å². The van der Waals surface area contributed by atoms with Crippen LogP contribution in [0.1, 0.15) is 5.56 Å². The van der Waals surface area contributed by atoms with E-state index < -0.39 is 0 Å². The molecule has 3 aromatic rings. The molecule has 5 heteroatoms. The second-order valence-electron chi connectivity index (χ2n) is 4.74. The van der Waals surface area contributed by atoms with Crippen LogP contribution >= 0.6 is 0 Å². The van der Waals surface area contributed by atoms with Gasteiger partial charge >= 0.3 is 0 Å². The number of nitrogen functional groups attached to an aromatic ring is 1. The van der Waals surface area contributed by atoms with Gasteiger partial charge in [0.1, 0.15) is 12.1 Å². The number of rotatable bonds is 4. The van der Waals surface area contributed by atoms with Crippen molar-refractivity contribution < 1.29 is 4.74 Å². The molecule has 0 radical (unpaired) electrons. The van der Waals surface area contributed by atoms with Crippen LogP contribution in [0.4, 0.5) is 5.69 Å². The molecule has 3 rings (SSSR count). The first-order valence-corrected chi connectivity index (χ1v) is 6.63. The summed E-state index contributed by atoms with van der Waals surface area (Å²) >= 11 is 0. The molecular weight excluding hydrogens is 264 g/mol. The third-order valence-corrected chi connectivity index (χ3v) is 3.18. The molecular formula is C16H16N4O. The van der Waals surface area contributed by atoms with Gasteiger partial charge in [-0.3, -0.25) is 0 Å². The smallest absolute Gasteiger partial charge is 0.181 e. The van der Waals surface area contributed by atoms with Gasteiger partial charge in [-0.05, 0) is 42.0 Å². The Morgan fingerprint density at radius 2 is 1.95 bits per heavy atom. The first-order chi connectivity index (χ1) is 10.2. The van der Waals surface area contributed by atoms with Crippen molar-refractivity contribution in [1.82, 2.24) is 14.8 Å². The molecule has 106 valence electrons. The van der Waals surface area contributed by atoms with Crippen molar-refractivity contribution in [3.8, 4) is 17.1 Å². The summed E-state index contributed by atoms with van der Waals surface area (Å²) in [4.78, 5) is 4.33. The molecule has 0 unspecified atom stereocenters. The minimum Gasteiger partial charge on any atom is -0.497 e. The summed E-state index contributed by atoms with van der Waals surface area (Å²) in [5.41, 5.74) is 8.48. The lowest BCUT2D eigenvalue weighted by atomic mass is 10.2. The van der Waals surface area contributed by atoms with Gasteiger partial charge in [-0.1, -0.05) is 12.1 Å². The molecule has 0 saturated carbocycles. The van der Waals surface area contributed by atoms with E-state index in [1.807, 2.05) is 48.5 Å². The van der Waals surface area contributed by atoms with Crippen LogP contribution in [0.15, 0.2) is 54.9 Å². The SMILES string of the molecule is COc1cccc(Cn2cnc(-c3ccc(N)cc3)n2)c1. The first kappa shape index (κ1) is 13.2. The minimum absolute atomic E-state index is 0.652. The molecule has 0 spiro atoms. The average Bonchev–Trinajstić information content (AvgIpc) is 2.96. The summed E-state index contributed by atoms with van der Waals surface area (Å²) < 4.78 is 7.03. The van der Waals surface area contributed by atoms with Crippen LogP contribution in [-0.4, -0.2) is 21.9 Å². The molecule has 21 heavy (non-hydrogen) atoms. The molecule has 0 aliphatic carbocycles. The van der Waals surface area contributed by atoms with E-state index in [9.17, 15) is 0 Å². The number of nitrogens with zero attached hydrogens (tertiary/aromatic N) is 3. The van der Waals surface area contributed by atoms with Gasteiger partial charge in [0.25, 0.3) is 0 Å². The van der Waals surface area contributed by atoms with E-state index in [0.29, 0.717) is 12.4 Å². The van der Waals surface area contributed by atoms with E-state index in [1.54, 1.807) is 18.1 Å². The van der Waals surface area contributed by atoms with Crippen LogP contribution in [-0.2, 0) is 6.54 Å². The lowest BCUT2D eigenvalue weighted by Gasteiger charge is -2.04. The monoisotopic (exact) mass is 280 g/mol. The van der Waals surface area contributed by atoms with E-state index in [4.69, 9.17) is 10.5 Å². The fourth-order valence-electron chi connectivity index (χ4n) is 2.09. The predicted molar refractivity (Wildman–Crippen MR) is 82.0 cm³/mol. The average molecular weight is 280 g/mol. The molecule has 2 N–H and O–H groups in total. The number of hydrogen-bond donors (Lipinski definition) is 1. The summed E-state index contributed by atoms with van der Waals surface area (Å²) in [6, 6.07) is 15.4. The van der Waals surface area contributed by atoms with Crippen LogP contribution < -0.4 is 10.5 Å². The number of benzene rings is 2. The Labute approximate surface area is 123 Å². The van der Waals surface area contributed by atoms with Gasteiger partial charge in [0.15, 0.2) is 5.82 Å². The lowest BCUT2D eigenvalue weighted by Crippen LogP contribution is -2.00. The van der Waals surface area contributed by atoms with E-state index in [0.717, 1.165) is 22.6 Å². The highest BCUT2D eigenvalue weighted by atomic mass is 16.5. The zero-order chi connectivity index (χ0) is 14.7. The van der Waals surface area contributed by atoms with Gasteiger partial charge in [0.2, 0.25) is 0 Å². The highest BCUT2D eigenvalue weighted by Gasteiger charge is 2.05. The fourth-order valence-corrected chi connectivity index (χ4v) is 2.09. The fraction of sp³-hybridized carbons (Fsp3) is 0.125. The normalized spacial score (nSPS) is 10.5. The second-order valence-corrected chi connectivity index (χ2v) is 4.74. The van der Waals surface area contributed by atoms with Gasteiger partial charge in [0.05, 0.1) is 13.7 Å². The summed E-state index contributed by atoms with van der Waals surface area (Å²) in [5.74, 6) is 1.53. The number of hydrogen-bond acceptors (Lipinski definition) is 4. The van der Waals surface area contributed by atoms with Crippen LogP contribution in [0.5, 0.6) is 5.75 Å². The third-order valence-electron chi connectivity index (χ3n) is 3.18. The minimum atomic E-state index is 0.652. The van der Waals surface area contributed by atoms with Crippen molar-refractivity contribution in [3.05, 3.63) is 60.4 Å². The molecule has 1 aromatic heterocycles. The van der Waals surface area contributed by atoms with Gasteiger partial charge < -0.3 is 10.5 Å². The zero-order valence-corrected chi connectivity index (χ0v) is 11.7. The second kappa shape index (κ2) is 5.66. The first-order valence-electron chi connectivity index (χ1n) is 6.63. The van der Waals surface area contributed by atoms with Crippen LogP contribution in [0, 0.1) is 0 Å². The number of aromatic nitrogens is 3. The topological polar surface area (TPSA) is 66.0 Å². The highest BCUT2D eigenvalue weighted by molar-refractivity contribution is 5.57. The Kier molecular flexibility index (Phi) is 3.55. The quantitative estimate of drug-likeness (QED) is 0.746. The number of anilines is 1. The van der Waals surface area contributed by atoms with Crippen LogP contribution in [0.3, 0.4) is 0 Å². The van der Waals surface area contributed by atoms with Gasteiger partial charge in [-0.25, -0.2) is 9.67 Å². The van der Waals surface area contributed by atoms with Gasteiger partial charge in [0, 0.05) is 11.3 Å². The molecule has 0 saturated heterocycles. The molecule has 0 bridgehead atoms. The molecule has 5 nitrogen and oxygen atoms in total. The van der Waals surface area contributed by atoms with Crippen molar-refractivity contribution in [2.75, 3.05) is 12.8 Å². The van der Waals surface area contributed by atoms with Crippen molar-refractivity contribution in [3.63, 3.8) is 0 Å². The van der Waals surface area contributed by atoms with Gasteiger partial charge in [-0.15, -0.1) is 0 Å². The molecule has 0 aliphatic rings. The molecule has 0 fully saturated rings. The summed E-state index contributed by atoms with van der Waals surface area (Å²) in [7, 11) is 1.66. The van der Waals surface area contributed by atoms with Crippen LogP contribution in [0.25, 0.3) is 11.4 Å². The zero-order valence-electron chi connectivity index (χ0n) is 11.7. The maximum absolute atomic E-state index is 5.68. The maximum Gasteiger partial charge on any atom is 0.181 e. The maximum atomic E-state index is 5.68. The third kappa shape index (κ3) is 3.02. The summed E-state index contributed by atoms with van der Waals surface area (Å²) in [6.45, 7) is 0.652. The largest absolute Gasteiger partial charge is 0.497 e. The van der Waals surface area contributed by atoms with Crippen LogP contribution in [0.2, 0.25) is 0 Å². The molecule has 0 atom stereocenters. The summed E-state index contributed by atoms with van der Waals surface area (Å²) in [6.07, 6.45) is 1.73.